The molecule has 23 heavy (non-hydrogen) atoms. The molecule has 6 nitrogen and oxygen atoms in total. The molecule has 1 amide bonds. The van der Waals surface area contributed by atoms with Crippen LogP contribution in [-0.2, 0) is 18.3 Å². The number of aromatic nitrogens is 2. The highest BCUT2D eigenvalue weighted by atomic mass is 16.5. The molecule has 0 fully saturated rings. The number of rotatable bonds is 7. The molecule has 0 aliphatic heterocycles. The van der Waals surface area contributed by atoms with Gasteiger partial charge < -0.3 is 14.8 Å². The number of amides is 1. The largest absolute Gasteiger partial charge is 0.497 e. The van der Waals surface area contributed by atoms with Crippen LogP contribution < -0.4 is 14.8 Å². The molecule has 0 unspecified atom stereocenters. The van der Waals surface area contributed by atoms with Crippen LogP contribution >= 0.6 is 0 Å². The van der Waals surface area contributed by atoms with Gasteiger partial charge in [-0.25, -0.2) is 0 Å². The monoisotopic (exact) mass is 317 g/mol. The van der Waals surface area contributed by atoms with Crippen molar-refractivity contribution in [1.82, 2.24) is 15.1 Å². The van der Waals surface area contributed by atoms with Gasteiger partial charge in [-0.1, -0.05) is 6.92 Å². The quantitative estimate of drug-likeness (QED) is 0.850. The Bertz CT molecular complexity index is 667. The Balaban J connectivity index is 2.09. The molecule has 6 heteroatoms. The summed E-state index contributed by atoms with van der Waals surface area (Å²) in [5.74, 6) is 1.32. The van der Waals surface area contributed by atoms with Crippen molar-refractivity contribution in [2.45, 2.75) is 25.8 Å². The van der Waals surface area contributed by atoms with Gasteiger partial charge in [-0.15, -0.1) is 0 Å². The molecule has 1 aromatic heterocycles. The highest BCUT2D eigenvalue weighted by Crippen LogP contribution is 2.25. The van der Waals surface area contributed by atoms with Gasteiger partial charge in [0.1, 0.15) is 11.5 Å². The average molecular weight is 317 g/mol. The van der Waals surface area contributed by atoms with Crippen LogP contribution in [0, 0.1) is 0 Å². The summed E-state index contributed by atoms with van der Waals surface area (Å²) in [6, 6.07) is 5.39. The van der Waals surface area contributed by atoms with Gasteiger partial charge >= 0.3 is 0 Å². The van der Waals surface area contributed by atoms with Crippen LogP contribution in [0.1, 0.15) is 30.5 Å². The first-order valence-electron chi connectivity index (χ1n) is 7.56. The van der Waals surface area contributed by atoms with Crippen LogP contribution in [-0.4, -0.2) is 29.9 Å². The molecule has 124 valence electrons. The summed E-state index contributed by atoms with van der Waals surface area (Å²) in [6.45, 7) is 2.03. The third-order valence-corrected chi connectivity index (χ3v) is 3.71. The van der Waals surface area contributed by atoms with E-state index in [1.807, 2.05) is 32.3 Å². The van der Waals surface area contributed by atoms with Crippen molar-refractivity contribution in [3.05, 3.63) is 41.7 Å². The zero-order valence-electron chi connectivity index (χ0n) is 14.0. The van der Waals surface area contributed by atoms with E-state index in [1.165, 1.54) is 0 Å². The average Bonchev–Trinajstić information content (AvgIpc) is 2.98. The Morgan fingerprint density at radius 3 is 2.70 bits per heavy atom. The van der Waals surface area contributed by atoms with Gasteiger partial charge in [0.15, 0.2) is 0 Å². The van der Waals surface area contributed by atoms with Crippen LogP contribution in [0.4, 0.5) is 0 Å². The Hall–Kier alpha value is -2.50. The third kappa shape index (κ3) is 4.25. The standard InChI is InChI=1S/C17H23N3O3/c1-5-15(13-10-18-20(2)11-13)19-17(21)9-12-8-14(22-3)6-7-16(12)23-4/h6-8,10-11,15H,5,9H2,1-4H3,(H,19,21)/t15-/m0/s1. The number of nitrogens with one attached hydrogen (secondary N) is 1. The minimum absolute atomic E-state index is 0.0483. The molecule has 0 saturated carbocycles. The summed E-state index contributed by atoms with van der Waals surface area (Å²) in [4.78, 5) is 12.4. The molecule has 1 atom stereocenters. The van der Waals surface area contributed by atoms with Gasteiger partial charge in [0.2, 0.25) is 5.91 Å². The van der Waals surface area contributed by atoms with E-state index in [1.54, 1.807) is 31.2 Å². The molecular weight excluding hydrogens is 294 g/mol. The fourth-order valence-corrected chi connectivity index (χ4v) is 2.48. The van der Waals surface area contributed by atoms with E-state index >= 15 is 0 Å². The fraction of sp³-hybridized carbons (Fsp3) is 0.412. The van der Waals surface area contributed by atoms with E-state index in [2.05, 4.69) is 10.4 Å². The number of carbonyl (C=O) groups excluding carboxylic acids is 1. The second-order valence-corrected chi connectivity index (χ2v) is 5.33. The summed E-state index contributed by atoms with van der Waals surface area (Å²) in [5, 5.41) is 7.20. The van der Waals surface area contributed by atoms with Crippen molar-refractivity contribution in [2.24, 2.45) is 7.05 Å². The summed E-state index contributed by atoms with van der Waals surface area (Å²) < 4.78 is 12.3. The summed E-state index contributed by atoms with van der Waals surface area (Å²) in [6.07, 6.45) is 4.73. The van der Waals surface area contributed by atoms with E-state index in [0.29, 0.717) is 11.5 Å². The zero-order chi connectivity index (χ0) is 16.8. The number of ether oxygens (including phenoxy) is 2. The van der Waals surface area contributed by atoms with Crippen molar-refractivity contribution in [3.63, 3.8) is 0 Å². The number of aryl methyl sites for hydroxylation is 1. The lowest BCUT2D eigenvalue weighted by molar-refractivity contribution is -0.121. The van der Waals surface area contributed by atoms with Crippen LogP contribution in [0.2, 0.25) is 0 Å². The predicted octanol–water partition coefficient (Wildman–Crippen LogP) is 2.25. The van der Waals surface area contributed by atoms with Crippen LogP contribution in [0.3, 0.4) is 0 Å². The predicted molar refractivity (Wildman–Crippen MR) is 87.6 cm³/mol. The summed E-state index contributed by atoms with van der Waals surface area (Å²) in [7, 11) is 5.05. The van der Waals surface area contributed by atoms with Gasteiger partial charge in [-0.3, -0.25) is 9.48 Å². The molecule has 0 spiro atoms. The van der Waals surface area contributed by atoms with Gasteiger partial charge in [0.05, 0.1) is 32.9 Å². The van der Waals surface area contributed by atoms with E-state index < -0.39 is 0 Å². The minimum atomic E-state index is -0.0627. The van der Waals surface area contributed by atoms with Gasteiger partial charge in [-0.2, -0.15) is 5.10 Å². The maximum atomic E-state index is 12.4. The van der Waals surface area contributed by atoms with Crippen LogP contribution in [0.15, 0.2) is 30.6 Å². The Kier molecular flexibility index (Phi) is 5.62. The Morgan fingerprint density at radius 2 is 2.13 bits per heavy atom. The number of benzene rings is 1. The first kappa shape index (κ1) is 16.9. The number of carbonyl (C=O) groups is 1. The lowest BCUT2D eigenvalue weighted by Gasteiger charge is -2.16. The molecule has 2 aromatic rings. The van der Waals surface area contributed by atoms with E-state index in [9.17, 15) is 4.79 Å². The van der Waals surface area contributed by atoms with Crippen molar-refractivity contribution >= 4 is 5.91 Å². The molecule has 1 N–H and O–H groups in total. The number of nitrogens with zero attached hydrogens (tertiary/aromatic N) is 2. The van der Waals surface area contributed by atoms with Crippen molar-refractivity contribution in [2.75, 3.05) is 14.2 Å². The SMILES string of the molecule is CC[C@H](NC(=O)Cc1cc(OC)ccc1OC)c1cnn(C)c1. The van der Waals surface area contributed by atoms with E-state index in [-0.39, 0.29) is 18.4 Å². The molecular formula is C17H23N3O3. The number of hydrogen-bond acceptors (Lipinski definition) is 4. The first-order valence-corrected chi connectivity index (χ1v) is 7.56. The van der Waals surface area contributed by atoms with Crippen molar-refractivity contribution in [1.29, 1.82) is 0 Å². The van der Waals surface area contributed by atoms with E-state index in [0.717, 1.165) is 17.5 Å². The fourth-order valence-electron chi connectivity index (χ4n) is 2.48. The molecule has 1 aromatic carbocycles. The highest BCUT2D eigenvalue weighted by Gasteiger charge is 2.16. The highest BCUT2D eigenvalue weighted by molar-refractivity contribution is 5.80. The maximum absolute atomic E-state index is 12.4. The number of methoxy groups -OCH3 is 2. The second-order valence-electron chi connectivity index (χ2n) is 5.33. The topological polar surface area (TPSA) is 65.4 Å². The molecule has 0 aliphatic rings. The maximum Gasteiger partial charge on any atom is 0.225 e. The van der Waals surface area contributed by atoms with Crippen molar-refractivity contribution in [3.8, 4) is 11.5 Å². The first-order chi connectivity index (χ1) is 11.1. The number of hydrogen-bond donors (Lipinski definition) is 1. The third-order valence-electron chi connectivity index (χ3n) is 3.71. The van der Waals surface area contributed by atoms with E-state index in [4.69, 9.17) is 9.47 Å². The molecule has 0 bridgehead atoms. The zero-order valence-corrected chi connectivity index (χ0v) is 14.0. The molecule has 0 saturated heterocycles. The summed E-state index contributed by atoms with van der Waals surface area (Å²) >= 11 is 0. The second kappa shape index (κ2) is 7.67. The van der Waals surface area contributed by atoms with Crippen LogP contribution in [0.25, 0.3) is 0 Å². The van der Waals surface area contributed by atoms with Crippen LogP contribution in [0.5, 0.6) is 11.5 Å². The summed E-state index contributed by atoms with van der Waals surface area (Å²) in [5.41, 5.74) is 1.80. The molecule has 2 rings (SSSR count). The van der Waals surface area contributed by atoms with Gasteiger partial charge in [0.25, 0.3) is 0 Å². The molecule has 1 heterocycles. The minimum Gasteiger partial charge on any atom is -0.497 e. The normalized spacial score (nSPS) is 11.8. The molecule has 0 aliphatic carbocycles. The Morgan fingerprint density at radius 1 is 1.35 bits per heavy atom. The lowest BCUT2D eigenvalue weighted by Crippen LogP contribution is -2.29. The van der Waals surface area contributed by atoms with Crippen molar-refractivity contribution < 1.29 is 14.3 Å². The van der Waals surface area contributed by atoms with Gasteiger partial charge in [0, 0.05) is 24.4 Å². The molecule has 0 radical (unpaired) electrons. The smallest absolute Gasteiger partial charge is 0.225 e. The lowest BCUT2D eigenvalue weighted by atomic mass is 10.1. The Labute approximate surface area is 136 Å². The van der Waals surface area contributed by atoms with Gasteiger partial charge in [-0.05, 0) is 24.6 Å².